The summed E-state index contributed by atoms with van der Waals surface area (Å²) in [4.78, 5) is 4.28. The van der Waals surface area contributed by atoms with Crippen LogP contribution in [0, 0.1) is 0 Å². The van der Waals surface area contributed by atoms with Gasteiger partial charge in [0, 0.05) is 23.5 Å². The van der Waals surface area contributed by atoms with E-state index in [0.717, 1.165) is 22.8 Å². The van der Waals surface area contributed by atoms with E-state index in [1.165, 1.54) is 0 Å². The maximum atomic E-state index is 6.20. The van der Waals surface area contributed by atoms with Gasteiger partial charge in [0.1, 0.15) is 12.2 Å². The van der Waals surface area contributed by atoms with Crippen LogP contribution in [-0.2, 0) is 12.8 Å². The average Bonchev–Trinajstić information content (AvgIpc) is 2.80. The number of hydrogen-bond acceptors (Lipinski definition) is 3. The summed E-state index contributed by atoms with van der Waals surface area (Å²) in [5.41, 5.74) is 7.27. The van der Waals surface area contributed by atoms with Gasteiger partial charge in [0.05, 0.1) is 0 Å². The molecular formula is C14H19ClN4. The van der Waals surface area contributed by atoms with Crippen molar-refractivity contribution in [3.05, 3.63) is 47.0 Å². The van der Waals surface area contributed by atoms with E-state index >= 15 is 0 Å². The first-order valence-electron chi connectivity index (χ1n) is 6.45. The van der Waals surface area contributed by atoms with Crippen LogP contribution < -0.4 is 5.73 Å². The Balaban J connectivity index is 2.03. The van der Waals surface area contributed by atoms with E-state index in [4.69, 9.17) is 17.3 Å². The lowest BCUT2D eigenvalue weighted by Gasteiger charge is -2.14. The molecule has 0 aliphatic carbocycles. The number of aromatic nitrogens is 3. The molecule has 2 N–H and O–H groups in total. The van der Waals surface area contributed by atoms with Crippen LogP contribution in [0.25, 0.3) is 0 Å². The summed E-state index contributed by atoms with van der Waals surface area (Å²) in [5, 5.41) is 4.98. The maximum absolute atomic E-state index is 6.20. The summed E-state index contributed by atoms with van der Waals surface area (Å²) >= 11 is 6.14. The molecule has 0 saturated heterocycles. The monoisotopic (exact) mass is 278 g/mol. The number of rotatable bonds is 5. The van der Waals surface area contributed by atoms with Crippen molar-refractivity contribution in [1.82, 2.24) is 14.8 Å². The predicted molar refractivity (Wildman–Crippen MR) is 77.2 cm³/mol. The van der Waals surface area contributed by atoms with Gasteiger partial charge in [-0.3, -0.25) is 0 Å². The number of benzene rings is 1. The van der Waals surface area contributed by atoms with Crippen LogP contribution in [0.2, 0.25) is 5.02 Å². The van der Waals surface area contributed by atoms with E-state index in [1.54, 1.807) is 6.33 Å². The molecule has 2 aromatic rings. The van der Waals surface area contributed by atoms with Crippen LogP contribution in [0.4, 0.5) is 0 Å². The van der Waals surface area contributed by atoms with E-state index in [9.17, 15) is 0 Å². The molecule has 2 rings (SSSR count). The largest absolute Gasteiger partial charge is 0.327 e. The van der Waals surface area contributed by atoms with Gasteiger partial charge in [-0.2, -0.15) is 5.10 Å². The summed E-state index contributed by atoms with van der Waals surface area (Å²) < 4.78 is 1.91. The molecule has 19 heavy (non-hydrogen) atoms. The topological polar surface area (TPSA) is 56.7 Å². The summed E-state index contributed by atoms with van der Waals surface area (Å²) in [6.07, 6.45) is 3.02. The highest BCUT2D eigenvalue weighted by molar-refractivity contribution is 6.31. The first-order valence-corrected chi connectivity index (χ1v) is 6.83. The molecule has 0 spiro atoms. The highest BCUT2D eigenvalue weighted by Crippen LogP contribution is 2.17. The van der Waals surface area contributed by atoms with E-state index in [2.05, 4.69) is 23.9 Å². The molecule has 5 heteroatoms. The molecule has 4 nitrogen and oxygen atoms in total. The molecule has 0 saturated carbocycles. The minimum absolute atomic E-state index is 0.0124. The molecule has 0 bridgehead atoms. The molecule has 1 heterocycles. The van der Waals surface area contributed by atoms with Crippen LogP contribution in [0.5, 0.6) is 0 Å². The highest BCUT2D eigenvalue weighted by Gasteiger charge is 2.13. The standard InChI is InChI=1S/C14H19ClN4/c1-10(2)19-14(17-9-18-19)8-12(16)7-11-5-3-4-6-13(11)15/h3-6,9-10,12H,7-8,16H2,1-2H3. The van der Waals surface area contributed by atoms with Crippen molar-refractivity contribution in [3.63, 3.8) is 0 Å². The highest BCUT2D eigenvalue weighted by atomic mass is 35.5. The minimum atomic E-state index is -0.0124. The first-order chi connectivity index (χ1) is 9.08. The Morgan fingerprint density at radius 3 is 2.68 bits per heavy atom. The Labute approximate surface area is 118 Å². The van der Waals surface area contributed by atoms with Crippen molar-refractivity contribution in [3.8, 4) is 0 Å². The predicted octanol–water partition coefficient (Wildman–Crippen LogP) is 2.62. The van der Waals surface area contributed by atoms with Crippen LogP contribution in [0.15, 0.2) is 30.6 Å². The number of nitrogens with two attached hydrogens (primary N) is 1. The van der Waals surface area contributed by atoms with E-state index in [0.29, 0.717) is 12.5 Å². The second-order valence-corrected chi connectivity index (χ2v) is 5.38. The molecule has 0 amide bonds. The quantitative estimate of drug-likeness (QED) is 0.915. The van der Waals surface area contributed by atoms with Crippen molar-refractivity contribution in [2.24, 2.45) is 5.73 Å². The van der Waals surface area contributed by atoms with Gasteiger partial charge in [0.25, 0.3) is 0 Å². The molecular weight excluding hydrogens is 260 g/mol. The minimum Gasteiger partial charge on any atom is -0.327 e. The fraction of sp³-hybridized carbons (Fsp3) is 0.429. The maximum Gasteiger partial charge on any atom is 0.138 e. The SMILES string of the molecule is CC(C)n1ncnc1CC(N)Cc1ccccc1Cl. The molecule has 0 aliphatic heterocycles. The number of halogens is 1. The van der Waals surface area contributed by atoms with Crippen LogP contribution in [0.1, 0.15) is 31.3 Å². The van der Waals surface area contributed by atoms with Gasteiger partial charge in [-0.15, -0.1) is 0 Å². The molecule has 0 aliphatic rings. The third-order valence-corrected chi connectivity index (χ3v) is 3.39. The average molecular weight is 279 g/mol. The van der Waals surface area contributed by atoms with Gasteiger partial charge >= 0.3 is 0 Å². The molecule has 0 radical (unpaired) electrons. The molecule has 1 unspecified atom stereocenters. The van der Waals surface area contributed by atoms with Gasteiger partial charge in [0.2, 0.25) is 0 Å². The van der Waals surface area contributed by atoms with Gasteiger partial charge in [-0.1, -0.05) is 29.8 Å². The number of hydrogen-bond donors (Lipinski definition) is 1. The molecule has 0 fully saturated rings. The van der Waals surface area contributed by atoms with Crippen LogP contribution in [-0.4, -0.2) is 20.8 Å². The second-order valence-electron chi connectivity index (χ2n) is 4.97. The van der Waals surface area contributed by atoms with Crippen LogP contribution in [0.3, 0.4) is 0 Å². The molecule has 1 aromatic heterocycles. The van der Waals surface area contributed by atoms with Crippen LogP contribution >= 0.6 is 11.6 Å². The summed E-state index contributed by atoms with van der Waals surface area (Å²) in [6.45, 7) is 4.16. The molecule has 1 aromatic carbocycles. The zero-order valence-corrected chi connectivity index (χ0v) is 12.0. The Morgan fingerprint density at radius 1 is 1.26 bits per heavy atom. The van der Waals surface area contributed by atoms with Crippen molar-refractivity contribution in [2.75, 3.05) is 0 Å². The van der Waals surface area contributed by atoms with E-state index < -0.39 is 0 Å². The lowest BCUT2D eigenvalue weighted by atomic mass is 10.0. The van der Waals surface area contributed by atoms with Crippen molar-refractivity contribution in [1.29, 1.82) is 0 Å². The summed E-state index contributed by atoms with van der Waals surface area (Å²) in [7, 11) is 0. The van der Waals surface area contributed by atoms with Gasteiger partial charge in [-0.05, 0) is 31.9 Å². The van der Waals surface area contributed by atoms with Gasteiger partial charge in [-0.25, -0.2) is 9.67 Å². The van der Waals surface area contributed by atoms with E-state index in [-0.39, 0.29) is 6.04 Å². The Hall–Kier alpha value is -1.39. The molecule has 102 valence electrons. The van der Waals surface area contributed by atoms with Crippen molar-refractivity contribution < 1.29 is 0 Å². The summed E-state index contributed by atoms with van der Waals surface area (Å²) in [6, 6.07) is 8.08. The lowest BCUT2D eigenvalue weighted by molar-refractivity contribution is 0.489. The van der Waals surface area contributed by atoms with Crippen molar-refractivity contribution in [2.45, 2.75) is 38.8 Å². The Kier molecular flexibility index (Phi) is 4.56. The molecule has 1 atom stereocenters. The zero-order chi connectivity index (χ0) is 13.8. The van der Waals surface area contributed by atoms with Gasteiger partial charge < -0.3 is 5.73 Å². The smallest absolute Gasteiger partial charge is 0.138 e. The third-order valence-electron chi connectivity index (χ3n) is 3.02. The Bertz CT molecular complexity index is 536. The first kappa shape index (κ1) is 14.0. The fourth-order valence-corrected chi connectivity index (χ4v) is 2.32. The normalized spacial score (nSPS) is 12.9. The second kappa shape index (κ2) is 6.17. The zero-order valence-electron chi connectivity index (χ0n) is 11.3. The van der Waals surface area contributed by atoms with E-state index in [1.807, 2.05) is 28.9 Å². The van der Waals surface area contributed by atoms with Gasteiger partial charge in [0.15, 0.2) is 0 Å². The number of nitrogens with zero attached hydrogens (tertiary/aromatic N) is 3. The lowest BCUT2D eigenvalue weighted by Crippen LogP contribution is -2.27. The summed E-state index contributed by atoms with van der Waals surface area (Å²) in [5.74, 6) is 0.926. The fourth-order valence-electron chi connectivity index (χ4n) is 2.10. The third kappa shape index (κ3) is 3.55. The Morgan fingerprint density at radius 2 is 2.00 bits per heavy atom. The van der Waals surface area contributed by atoms with Crippen molar-refractivity contribution >= 4 is 11.6 Å².